The first-order valence-electron chi connectivity index (χ1n) is 16.0. The molecular formula is C35H43N7O. The molecule has 0 radical (unpaired) electrons. The lowest BCUT2D eigenvalue weighted by atomic mass is 9.68. The molecule has 1 spiro atoms. The van der Waals surface area contributed by atoms with Crippen LogP contribution in [0.2, 0.25) is 0 Å². The molecule has 4 heterocycles. The Morgan fingerprint density at radius 2 is 1.56 bits per heavy atom. The van der Waals surface area contributed by atoms with E-state index in [1.54, 1.807) is 35.3 Å². The van der Waals surface area contributed by atoms with Crippen LogP contribution in [0.25, 0.3) is 0 Å². The van der Waals surface area contributed by atoms with Gasteiger partial charge in [-0.1, -0.05) is 55.7 Å². The molecule has 2 aliphatic heterocycles. The van der Waals surface area contributed by atoms with Gasteiger partial charge in [-0.05, 0) is 67.6 Å². The number of rotatable bonds is 8. The van der Waals surface area contributed by atoms with Crippen molar-refractivity contribution in [3.63, 3.8) is 0 Å². The van der Waals surface area contributed by atoms with E-state index < -0.39 is 0 Å². The Hall–Kier alpha value is -3.75. The van der Waals surface area contributed by atoms with Crippen molar-refractivity contribution in [2.24, 2.45) is 0 Å². The number of benzene rings is 2. The third-order valence-electron chi connectivity index (χ3n) is 10.0. The number of likely N-dealkylation sites (tertiary alicyclic amines) is 1. The van der Waals surface area contributed by atoms with Crippen LogP contribution in [-0.2, 0) is 31.6 Å². The summed E-state index contributed by atoms with van der Waals surface area (Å²) in [5.41, 5.74) is 5.22. The van der Waals surface area contributed by atoms with Gasteiger partial charge in [-0.3, -0.25) is 9.69 Å². The van der Waals surface area contributed by atoms with Crippen LogP contribution in [0.1, 0.15) is 83.6 Å². The number of hydrogen-bond donors (Lipinski definition) is 2. The smallest absolute Gasteiger partial charge is 0.254 e. The number of piperidine rings is 1. The lowest BCUT2D eigenvalue weighted by Crippen LogP contribution is -2.53. The fraction of sp³-hybridized carbons (Fsp3) is 0.457. The first kappa shape index (κ1) is 28.0. The number of carbonyl (C=O) groups excluding carboxylic acids is 1. The van der Waals surface area contributed by atoms with Gasteiger partial charge in [0, 0.05) is 61.4 Å². The maximum atomic E-state index is 13.6. The van der Waals surface area contributed by atoms with Gasteiger partial charge in [-0.15, -0.1) is 0 Å². The second-order valence-electron chi connectivity index (χ2n) is 12.8. The number of nitrogens with one attached hydrogen (secondary N) is 2. The number of aromatic nitrogens is 4. The molecule has 2 aromatic heterocycles. The molecule has 7 rings (SSSR count). The van der Waals surface area contributed by atoms with E-state index in [-0.39, 0.29) is 11.3 Å². The third kappa shape index (κ3) is 6.17. The van der Waals surface area contributed by atoms with Crippen LogP contribution in [0.3, 0.4) is 0 Å². The average Bonchev–Trinajstić information content (AvgIpc) is 3.77. The zero-order chi connectivity index (χ0) is 29.1. The molecule has 8 nitrogen and oxygen atoms in total. The molecule has 8 heteroatoms. The Kier molecular flexibility index (Phi) is 8.13. The van der Waals surface area contributed by atoms with Crippen LogP contribution >= 0.6 is 0 Å². The van der Waals surface area contributed by atoms with E-state index in [2.05, 4.69) is 66.1 Å². The van der Waals surface area contributed by atoms with Crippen molar-refractivity contribution in [1.82, 2.24) is 34.6 Å². The normalized spacial score (nSPS) is 19.3. The molecule has 1 saturated carbocycles. The highest BCUT2D eigenvalue weighted by atomic mass is 16.2. The number of hydrogen-bond acceptors (Lipinski definition) is 5. The molecule has 3 aliphatic rings. The molecule has 0 bridgehead atoms. The highest BCUT2D eigenvalue weighted by Crippen LogP contribution is 2.43. The molecule has 1 saturated heterocycles. The molecule has 0 atom stereocenters. The number of amides is 1. The van der Waals surface area contributed by atoms with Crippen molar-refractivity contribution in [3.8, 4) is 0 Å². The molecule has 43 heavy (non-hydrogen) atoms. The van der Waals surface area contributed by atoms with Crippen molar-refractivity contribution in [3.05, 3.63) is 107 Å². The van der Waals surface area contributed by atoms with E-state index in [1.807, 2.05) is 12.1 Å². The largest absolute Gasteiger partial charge is 0.347 e. The first-order valence-corrected chi connectivity index (χ1v) is 16.0. The Morgan fingerprint density at radius 3 is 2.21 bits per heavy atom. The summed E-state index contributed by atoms with van der Waals surface area (Å²) in [5.74, 6) is 1.47. The minimum Gasteiger partial charge on any atom is -0.347 e. The van der Waals surface area contributed by atoms with Crippen molar-refractivity contribution < 1.29 is 4.79 Å². The van der Waals surface area contributed by atoms with Crippen LogP contribution in [-0.4, -0.2) is 66.2 Å². The summed E-state index contributed by atoms with van der Waals surface area (Å²) in [6, 6.07) is 18.2. The van der Waals surface area contributed by atoms with Crippen molar-refractivity contribution in [2.45, 2.75) is 82.6 Å². The Labute approximate surface area is 254 Å². The minimum absolute atomic E-state index is 0.0325. The minimum atomic E-state index is -0.0325. The van der Waals surface area contributed by atoms with Gasteiger partial charge < -0.3 is 19.8 Å². The fourth-order valence-corrected chi connectivity index (χ4v) is 7.81. The van der Waals surface area contributed by atoms with Crippen LogP contribution in [0, 0.1) is 0 Å². The zero-order valence-corrected chi connectivity index (χ0v) is 25.0. The summed E-state index contributed by atoms with van der Waals surface area (Å²) >= 11 is 0. The molecule has 1 aliphatic carbocycles. The Morgan fingerprint density at radius 1 is 0.884 bits per heavy atom. The number of carbonyl (C=O) groups is 1. The summed E-state index contributed by atoms with van der Waals surface area (Å²) in [6.07, 6.45) is 16.5. The molecule has 2 N–H and O–H groups in total. The van der Waals surface area contributed by atoms with Crippen LogP contribution < -0.4 is 0 Å². The van der Waals surface area contributed by atoms with Gasteiger partial charge in [0.2, 0.25) is 0 Å². The zero-order valence-electron chi connectivity index (χ0n) is 25.0. The highest BCUT2D eigenvalue weighted by molar-refractivity contribution is 5.94. The van der Waals surface area contributed by atoms with Gasteiger partial charge >= 0.3 is 0 Å². The Bertz CT molecular complexity index is 1430. The number of nitrogens with zero attached hydrogens (tertiary/aromatic N) is 5. The summed E-state index contributed by atoms with van der Waals surface area (Å²) in [6.45, 7) is 6.18. The lowest BCUT2D eigenvalue weighted by Gasteiger charge is -2.50. The van der Waals surface area contributed by atoms with Crippen LogP contribution in [0.15, 0.2) is 73.3 Å². The quantitative estimate of drug-likeness (QED) is 0.283. The molecular weight excluding hydrogens is 534 g/mol. The van der Waals surface area contributed by atoms with Crippen molar-refractivity contribution >= 4 is 5.91 Å². The predicted molar refractivity (Wildman–Crippen MR) is 167 cm³/mol. The van der Waals surface area contributed by atoms with E-state index in [0.717, 1.165) is 37.3 Å². The maximum absolute atomic E-state index is 13.6. The topological polar surface area (TPSA) is 84.2 Å². The molecule has 4 aromatic rings. The summed E-state index contributed by atoms with van der Waals surface area (Å²) in [5, 5.41) is 0. The second-order valence-corrected chi connectivity index (χ2v) is 12.8. The average molecular weight is 578 g/mol. The van der Waals surface area contributed by atoms with E-state index >= 15 is 0 Å². The van der Waals surface area contributed by atoms with E-state index in [9.17, 15) is 4.79 Å². The monoisotopic (exact) mass is 577 g/mol. The highest BCUT2D eigenvalue weighted by Gasteiger charge is 2.42. The molecule has 0 unspecified atom stereocenters. The van der Waals surface area contributed by atoms with E-state index in [0.29, 0.717) is 18.7 Å². The number of aromatic amines is 2. The SMILES string of the molecule is O=C(c1ccc(CN2Cc3ccccc3C3(CCN(C4CCCCC4)CC3)C2)cc1)N(Cc1ncc[nH]1)Cc1ncc[nH]1. The fourth-order valence-electron chi connectivity index (χ4n) is 7.81. The Balaban J connectivity index is 1.04. The predicted octanol–water partition coefficient (Wildman–Crippen LogP) is 5.66. The van der Waals surface area contributed by atoms with Gasteiger partial charge in [-0.2, -0.15) is 0 Å². The molecule has 2 aromatic carbocycles. The van der Waals surface area contributed by atoms with Gasteiger partial charge in [-0.25, -0.2) is 9.97 Å². The summed E-state index contributed by atoms with van der Waals surface area (Å²) in [7, 11) is 0. The van der Waals surface area contributed by atoms with Gasteiger partial charge in [0.1, 0.15) is 11.6 Å². The van der Waals surface area contributed by atoms with Crippen LogP contribution in [0.5, 0.6) is 0 Å². The number of H-pyrrole nitrogens is 2. The van der Waals surface area contributed by atoms with Crippen molar-refractivity contribution in [1.29, 1.82) is 0 Å². The third-order valence-corrected chi connectivity index (χ3v) is 10.0. The van der Waals surface area contributed by atoms with Gasteiger partial charge in [0.05, 0.1) is 13.1 Å². The maximum Gasteiger partial charge on any atom is 0.254 e. The first-order chi connectivity index (χ1) is 21.1. The van der Waals surface area contributed by atoms with Gasteiger partial charge in [0.25, 0.3) is 5.91 Å². The molecule has 2 fully saturated rings. The van der Waals surface area contributed by atoms with E-state index in [4.69, 9.17) is 0 Å². The molecule has 224 valence electrons. The van der Waals surface area contributed by atoms with Crippen molar-refractivity contribution in [2.75, 3.05) is 19.6 Å². The van der Waals surface area contributed by atoms with Gasteiger partial charge in [0.15, 0.2) is 0 Å². The van der Waals surface area contributed by atoms with Crippen LogP contribution in [0.4, 0.5) is 0 Å². The van der Waals surface area contributed by atoms with E-state index in [1.165, 1.54) is 69.2 Å². The second kappa shape index (κ2) is 12.5. The lowest BCUT2D eigenvalue weighted by molar-refractivity contribution is 0.0607. The standard InChI is InChI=1S/C35H43N7O/c43-34(42(24-32-36-16-17-37-32)25-33-38-18-19-39-33)28-12-10-27(11-13-28)22-40-23-29-6-4-5-9-31(29)35(26-40)14-20-41(21-15-35)30-7-2-1-3-8-30/h4-6,9-13,16-19,30H,1-3,7-8,14-15,20-26H2,(H,36,37)(H,38,39). The number of fused-ring (bicyclic) bond motifs is 2. The summed E-state index contributed by atoms with van der Waals surface area (Å²) < 4.78 is 0. The summed E-state index contributed by atoms with van der Waals surface area (Å²) in [4.78, 5) is 35.7. The number of imidazole rings is 2. The molecule has 1 amide bonds.